The number of hydrazone groups is 1. The number of carbonyl (C=O) groups is 2. The minimum atomic E-state index is -0.565. The molecule has 1 atom stereocenters. The first kappa shape index (κ1) is 22.4. The molecule has 3 aliphatic heterocycles. The van der Waals surface area contributed by atoms with Gasteiger partial charge < -0.3 is 0 Å². The molecule has 0 aromatic rings. The van der Waals surface area contributed by atoms with E-state index in [1.807, 2.05) is 9.58 Å². The third-order valence-corrected chi connectivity index (χ3v) is 5.90. The Labute approximate surface area is 180 Å². The quantitative estimate of drug-likeness (QED) is 0.624. The third-order valence-electron chi connectivity index (χ3n) is 5.90. The summed E-state index contributed by atoms with van der Waals surface area (Å²) in [6.07, 6.45) is 1.76. The van der Waals surface area contributed by atoms with E-state index in [-0.39, 0.29) is 17.4 Å². The minimum absolute atomic E-state index is 0.124. The van der Waals surface area contributed by atoms with Crippen molar-refractivity contribution >= 4 is 29.4 Å². The van der Waals surface area contributed by atoms with Gasteiger partial charge in [-0.3, -0.25) is 14.6 Å². The van der Waals surface area contributed by atoms with Crippen molar-refractivity contribution in [2.24, 2.45) is 27.3 Å². The van der Waals surface area contributed by atoms with Gasteiger partial charge in [0.2, 0.25) is 11.9 Å². The molecular formula is C22H37N6O2+. The van der Waals surface area contributed by atoms with Crippen molar-refractivity contribution in [3.63, 3.8) is 0 Å². The second-order valence-corrected chi connectivity index (χ2v) is 10.4. The molecule has 8 nitrogen and oxygen atoms in total. The Hall–Kier alpha value is -2.25. The van der Waals surface area contributed by atoms with Crippen LogP contribution in [0.3, 0.4) is 0 Å². The molecule has 30 heavy (non-hydrogen) atoms. The van der Waals surface area contributed by atoms with Crippen molar-refractivity contribution in [2.45, 2.75) is 67.3 Å². The largest absolute Gasteiger partial charge is 0.416 e. The minimum Gasteiger partial charge on any atom is -0.270 e. The fourth-order valence-electron chi connectivity index (χ4n) is 3.77. The van der Waals surface area contributed by atoms with E-state index in [1.54, 1.807) is 7.05 Å². The van der Waals surface area contributed by atoms with Crippen molar-refractivity contribution in [2.75, 3.05) is 26.7 Å². The van der Waals surface area contributed by atoms with Crippen molar-refractivity contribution in [1.29, 1.82) is 0 Å². The summed E-state index contributed by atoms with van der Waals surface area (Å²) in [6, 6.07) is -0.856. The van der Waals surface area contributed by atoms with E-state index < -0.39 is 6.04 Å². The van der Waals surface area contributed by atoms with Crippen molar-refractivity contribution < 1.29 is 14.2 Å². The smallest absolute Gasteiger partial charge is 0.270 e. The first-order chi connectivity index (χ1) is 13.9. The SMILES string of the molecule is CC(C)CCN1N=C(C(C)(C)C)C[N+]2=C1N=C1C2C(=O)N(CCC(C)C)C(=O)N1C. The highest BCUT2D eigenvalue weighted by atomic mass is 16.2. The van der Waals surface area contributed by atoms with Crippen molar-refractivity contribution in [1.82, 2.24) is 14.8 Å². The second-order valence-electron chi connectivity index (χ2n) is 10.4. The number of rotatable bonds is 6. The standard InChI is InChI=1S/C22H37N6O2/c1-14(2)9-11-26-19(29)17-18(25(8)21(26)30)23-20-27(17)13-16(22(5,6)7)24-28(20)12-10-15(3)4/h14-15,17H,9-13H2,1-8H3/q+1. The Bertz CT molecular complexity index is 818. The van der Waals surface area contributed by atoms with Gasteiger partial charge in [0.25, 0.3) is 5.91 Å². The zero-order valence-corrected chi connectivity index (χ0v) is 19.8. The Morgan fingerprint density at radius 3 is 2.23 bits per heavy atom. The lowest BCUT2D eigenvalue weighted by Gasteiger charge is -2.35. The molecule has 0 spiro atoms. The number of fused-ring (bicyclic) bond motifs is 2. The maximum atomic E-state index is 13.4. The molecule has 0 aromatic heterocycles. The Morgan fingerprint density at radius 2 is 1.67 bits per heavy atom. The summed E-state index contributed by atoms with van der Waals surface area (Å²) in [5.74, 6) is 1.97. The molecule has 0 radical (unpaired) electrons. The molecule has 1 fully saturated rings. The summed E-state index contributed by atoms with van der Waals surface area (Å²) in [5, 5.41) is 6.84. The number of urea groups is 1. The van der Waals surface area contributed by atoms with Crippen LogP contribution in [0.1, 0.15) is 61.3 Å². The highest BCUT2D eigenvalue weighted by molar-refractivity contribution is 6.23. The van der Waals surface area contributed by atoms with Gasteiger partial charge in [0.1, 0.15) is 6.54 Å². The van der Waals surface area contributed by atoms with Gasteiger partial charge >= 0.3 is 12.0 Å². The number of carbonyl (C=O) groups excluding carboxylic acids is 2. The molecular weight excluding hydrogens is 380 g/mol. The van der Waals surface area contributed by atoms with Crippen LogP contribution in [0.2, 0.25) is 0 Å². The number of likely N-dealkylation sites (N-methyl/N-ethyl adjacent to an activating group) is 1. The van der Waals surface area contributed by atoms with Gasteiger partial charge in [-0.2, -0.15) is 0 Å². The van der Waals surface area contributed by atoms with E-state index in [0.717, 1.165) is 25.1 Å². The van der Waals surface area contributed by atoms with Gasteiger partial charge in [-0.05, 0) is 24.7 Å². The summed E-state index contributed by atoms with van der Waals surface area (Å²) in [6.45, 7) is 16.7. The molecule has 0 saturated carbocycles. The number of hydrogen-bond donors (Lipinski definition) is 0. The van der Waals surface area contributed by atoms with Crippen LogP contribution in [0, 0.1) is 17.3 Å². The Morgan fingerprint density at radius 1 is 1.07 bits per heavy atom. The Kier molecular flexibility index (Phi) is 6.07. The van der Waals surface area contributed by atoms with Gasteiger partial charge in [-0.25, -0.2) is 9.37 Å². The molecule has 1 unspecified atom stereocenters. The zero-order valence-electron chi connectivity index (χ0n) is 19.8. The Balaban J connectivity index is 1.97. The molecule has 8 heteroatoms. The van der Waals surface area contributed by atoms with Crippen LogP contribution in [-0.2, 0) is 4.79 Å². The van der Waals surface area contributed by atoms with Crippen LogP contribution >= 0.6 is 0 Å². The van der Waals surface area contributed by atoms with E-state index >= 15 is 0 Å². The molecule has 0 aliphatic carbocycles. The average Bonchev–Trinajstić information content (AvgIpc) is 3.03. The summed E-state index contributed by atoms with van der Waals surface area (Å²) < 4.78 is 2.04. The first-order valence-electron chi connectivity index (χ1n) is 11.1. The molecule has 3 heterocycles. The van der Waals surface area contributed by atoms with Crippen LogP contribution < -0.4 is 0 Å². The summed E-state index contributed by atoms with van der Waals surface area (Å²) in [4.78, 5) is 34.0. The average molecular weight is 418 g/mol. The predicted octanol–water partition coefficient (Wildman–Crippen LogP) is 2.84. The normalized spacial score (nSPS) is 22.2. The van der Waals surface area contributed by atoms with Crippen LogP contribution in [0.25, 0.3) is 0 Å². The number of hydrogen-bond acceptors (Lipinski definition) is 5. The highest BCUT2D eigenvalue weighted by Crippen LogP contribution is 2.27. The van der Waals surface area contributed by atoms with Crippen LogP contribution in [0.4, 0.5) is 4.79 Å². The van der Waals surface area contributed by atoms with Crippen LogP contribution in [0.5, 0.6) is 0 Å². The van der Waals surface area contributed by atoms with Gasteiger partial charge in [-0.15, -0.1) is 10.1 Å². The molecule has 166 valence electrons. The predicted molar refractivity (Wildman–Crippen MR) is 119 cm³/mol. The number of amides is 3. The fourth-order valence-corrected chi connectivity index (χ4v) is 3.77. The first-order valence-corrected chi connectivity index (χ1v) is 11.1. The summed E-state index contributed by atoms with van der Waals surface area (Å²) >= 11 is 0. The van der Waals surface area contributed by atoms with E-state index in [0.29, 0.717) is 36.7 Å². The summed E-state index contributed by atoms with van der Waals surface area (Å²) in [7, 11) is 1.71. The molecule has 3 aliphatic rings. The maximum Gasteiger partial charge on any atom is 0.416 e. The van der Waals surface area contributed by atoms with Gasteiger partial charge in [-0.1, -0.05) is 53.5 Å². The number of nitrogens with zero attached hydrogens (tertiary/aromatic N) is 6. The molecule has 0 N–H and O–H groups in total. The lowest BCUT2D eigenvalue weighted by molar-refractivity contribution is -0.528. The van der Waals surface area contributed by atoms with Gasteiger partial charge in [0.05, 0.1) is 12.3 Å². The van der Waals surface area contributed by atoms with Crippen LogP contribution in [0.15, 0.2) is 10.1 Å². The summed E-state index contributed by atoms with van der Waals surface area (Å²) in [5.41, 5.74) is 0.897. The number of amidine groups is 1. The molecule has 1 saturated heterocycles. The monoisotopic (exact) mass is 417 g/mol. The highest BCUT2D eigenvalue weighted by Gasteiger charge is 2.55. The molecule has 0 bridgehead atoms. The molecule has 3 amide bonds. The lowest BCUT2D eigenvalue weighted by atomic mass is 9.89. The molecule has 0 aromatic carbocycles. The van der Waals surface area contributed by atoms with E-state index in [2.05, 4.69) is 48.5 Å². The number of guanidine groups is 1. The van der Waals surface area contributed by atoms with E-state index in [9.17, 15) is 9.59 Å². The second kappa shape index (κ2) is 8.12. The van der Waals surface area contributed by atoms with Crippen molar-refractivity contribution in [3.8, 4) is 0 Å². The number of aliphatic imine (C=N–C) groups is 1. The zero-order chi connectivity index (χ0) is 22.4. The van der Waals surface area contributed by atoms with Crippen molar-refractivity contribution in [3.05, 3.63) is 0 Å². The topological polar surface area (TPSA) is 71.6 Å². The molecule has 3 rings (SSSR count). The fraction of sp³-hybridized carbons (Fsp3) is 0.773. The lowest BCUT2D eigenvalue weighted by Crippen LogP contribution is -2.63. The van der Waals surface area contributed by atoms with Crippen LogP contribution in [-0.4, -0.2) is 81.6 Å². The van der Waals surface area contributed by atoms with E-state index in [1.165, 1.54) is 9.80 Å². The number of imide groups is 1. The maximum absolute atomic E-state index is 13.4. The third kappa shape index (κ3) is 4.14. The van der Waals surface area contributed by atoms with Gasteiger partial charge in [0.15, 0.2) is 0 Å². The van der Waals surface area contributed by atoms with E-state index in [4.69, 9.17) is 10.1 Å². The van der Waals surface area contributed by atoms with Gasteiger partial charge in [0, 0.05) is 19.0 Å².